The molecule has 1 aliphatic carbocycles. The van der Waals surface area contributed by atoms with Crippen molar-refractivity contribution < 1.29 is 9.84 Å². The van der Waals surface area contributed by atoms with Gasteiger partial charge in [-0.15, -0.1) is 0 Å². The van der Waals surface area contributed by atoms with Gasteiger partial charge in [0.2, 0.25) is 0 Å². The monoisotopic (exact) mass is 269 g/mol. The fraction of sp³-hybridized carbons (Fsp3) is 0.571. The van der Waals surface area contributed by atoms with Crippen LogP contribution in [0.4, 0.5) is 0 Å². The molecule has 1 aliphatic rings. The Hall–Kier alpha value is -0.770. The van der Waals surface area contributed by atoms with Gasteiger partial charge in [0.05, 0.1) is 0 Å². The molecule has 4 heteroatoms. The van der Waals surface area contributed by atoms with E-state index in [4.69, 9.17) is 16.3 Å². The predicted molar refractivity (Wildman–Crippen MR) is 73.1 cm³/mol. The van der Waals surface area contributed by atoms with Gasteiger partial charge in [0, 0.05) is 17.6 Å². The van der Waals surface area contributed by atoms with Crippen LogP contribution in [0.5, 0.6) is 5.75 Å². The highest BCUT2D eigenvalue weighted by molar-refractivity contribution is 6.30. The first-order chi connectivity index (χ1) is 8.69. The molecule has 1 fully saturated rings. The third-order valence-corrected chi connectivity index (χ3v) is 3.57. The van der Waals surface area contributed by atoms with Gasteiger partial charge in [0.1, 0.15) is 18.5 Å². The summed E-state index contributed by atoms with van der Waals surface area (Å²) in [5, 5.41) is 13.8. The second-order valence-electron chi connectivity index (χ2n) is 4.84. The van der Waals surface area contributed by atoms with Gasteiger partial charge in [0.15, 0.2) is 0 Å². The Morgan fingerprint density at radius 3 is 2.78 bits per heavy atom. The van der Waals surface area contributed by atoms with Crippen LogP contribution < -0.4 is 10.1 Å². The Morgan fingerprint density at radius 1 is 1.44 bits per heavy atom. The molecule has 0 aromatic heterocycles. The molecule has 3 atom stereocenters. The van der Waals surface area contributed by atoms with Crippen molar-refractivity contribution in [2.75, 3.05) is 13.2 Å². The SMILES string of the molecule is CCC1CC1NCC(O)COc1ccc(Cl)cc1. The lowest BCUT2D eigenvalue weighted by molar-refractivity contribution is 0.106. The Bertz CT molecular complexity index is 369. The quantitative estimate of drug-likeness (QED) is 0.799. The molecule has 2 N–H and O–H groups in total. The standard InChI is InChI=1S/C14H20ClNO2/c1-2-10-7-14(10)16-8-12(17)9-18-13-5-3-11(15)4-6-13/h3-6,10,12,14,16-17H,2,7-9H2,1H3. The molecule has 3 unspecified atom stereocenters. The third-order valence-electron chi connectivity index (χ3n) is 3.32. The van der Waals surface area contributed by atoms with Crippen LogP contribution in [0.1, 0.15) is 19.8 Å². The normalized spacial score (nSPS) is 23.7. The first-order valence-corrected chi connectivity index (χ1v) is 6.86. The lowest BCUT2D eigenvalue weighted by Gasteiger charge is -2.13. The Labute approximate surface area is 113 Å². The summed E-state index contributed by atoms with van der Waals surface area (Å²) < 4.78 is 5.48. The van der Waals surface area contributed by atoms with Crippen LogP contribution in [0.2, 0.25) is 5.02 Å². The topological polar surface area (TPSA) is 41.5 Å². The summed E-state index contributed by atoms with van der Waals surface area (Å²) in [4.78, 5) is 0. The van der Waals surface area contributed by atoms with E-state index in [0.717, 1.165) is 11.7 Å². The maximum atomic E-state index is 9.79. The molecule has 0 bridgehead atoms. The maximum Gasteiger partial charge on any atom is 0.119 e. The van der Waals surface area contributed by atoms with E-state index in [-0.39, 0.29) is 0 Å². The number of hydrogen-bond donors (Lipinski definition) is 2. The van der Waals surface area contributed by atoms with Crippen molar-refractivity contribution in [1.82, 2.24) is 5.32 Å². The van der Waals surface area contributed by atoms with Crippen molar-refractivity contribution in [3.05, 3.63) is 29.3 Å². The summed E-state index contributed by atoms with van der Waals surface area (Å²) in [6.45, 7) is 3.10. The molecule has 100 valence electrons. The Kier molecular flexibility index (Phi) is 4.87. The van der Waals surface area contributed by atoms with Crippen LogP contribution in [-0.4, -0.2) is 30.4 Å². The highest BCUT2D eigenvalue weighted by Crippen LogP contribution is 2.32. The van der Waals surface area contributed by atoms with E-state index < -0.39 is 6.10 Å². The molecule has 0 amide bonds. The number of benzene rings is 1. The summed E-state index contributed by atoms with van der Waals surface area (Å²) in [7, 11) is 0. The molecule has 1 saturated carbocycles. The summed E-state index contributed by atoms with van der Waals surface area (Å²) in [5.74, 6) is 1.53. The number of halogens is 1. The summed E-state index contributed by atoms with van der Waals surface area (Å²) >= 11 is 5.78. The average molecular weight is 270 g/mol. The van der Waals surface area contributed by atoms with Crippen LogP contribution in [0, 0.1) is 5.92 Å². The lowest BCUT2D eigenvalue weighted by atomic mass is 10.3. The molecule has 1 aromatic carbocycles. The number of hydrogen-bond acceptors (Lipinski definition) is 3. The molecule has 0 heterocycles. The molecule has 0 spiro atoms. The van der Waals surface area contributed by atoms with Crippen LogP contribution in [0.3, 0.4) is 0 Å². The van der Waals surface area contributed by atoms with Crippen LogP contribution in [0.25, 0.3) is 0 Å². The molecule has 0 aliphatic heterocycles. The molecule has 0 radical (unpaired) electrons. The second kappa shape index (κ2) is 6.41. The average Bonchev–Trinajstić information content (AvgIpc) is 3.14. The van der Waals surface area contributed by atoms with Gasteiger partial charge in [-0.05, 0) is 36.6 Å². The van der Waals surface area contributed by atoms with Gasteiger partial charge >= 0.3 is 0 Å². The van der Waals surface area contributed by atoms with Gasteiger partial charge in [-0.1, -0.05) is 24.9 Å². The van der Waals surface area contributed by atoms with Crippen LogP contribution in [0.15, 0.2) is 24.3 Å². The zero-order valence-corrected chi connectivity index (χ0v) is 11.4. The van der Waals surface area contributed by atoms with E-state index in [1.807, 2.05) is 0 Å². The van der Waals surface area contributed by atoms with Crippen molar-refractivity contribution in [1.29, 1.82) is 0 Å². The first-order valence-electron chi connectivity index (χ1n) is 6.49. The van der Waals surface area contributed by atoms with Crippen molar-refractivity contribution in [2.24, 2.45) is 5.92 Å². The zero-order valence-electron chi connectivity index (χ0n) is 10.6. The van der Waals surface area contributed by atoms with E-state index in [1.54, 1.807) is 24.3 Å². The number of nitrogens with one attached hydrogen (secondary N) is 1. The van der Waals surface area contributed by atoms with Crippen molar-refractivity contribution in [3.8, 4) is 5.75 Å². The molecule has 1 aromatic rings. The van der Waals surface area contributed by atoms with E-state index in [2.05, 4.69) is 12.2 Å². The van der Waals surface area contributed by atoms with Gasteiger partial charge in [-0.2, -0.15) is 0 Å². The third kappa shape index (κ3) is 4.16. The minimum absolute atomic E-state index is 0.304. The molecular weight excluding hydrogens is 250 g/mol. The number of ether oxygens (including phenoxy) is 1. The number of aliphatic hydroxyl groups is 1. The molecule has 18 heavy (non-hydrogen) atoms. The Morgan fingerprint density at radius 2 is 2.17 bits per heavy atom. The van der Waals surface area contributed by atoms with Gasteiger partial charge in [-0.25, -0.2) is 0 Å². The van der Waals surface area contributed by atoms with Crippen LogP contribution in [-0.2, 0) is 0 Å². The zero-order chi connectivity index (χ0) is 13.0. The van der Waals surface area contributed by atoms with Gasteiger partial charge in [-0.3, -0.25) is 0 Å². The smallest absolute Gasteiger partial charge is 0.119 e. The van der Waals surface area contributed by atoms with Crippen molar-refractivity contribution in [3.63, 3.8) is 0 Å². The van der Waals surface area contributed by atoms with E-state index in [0.29, 0.717) is 24.2 Å². The fourth-order valence-electron chi connectivity index (χ4n) is 2.02. The minimum atomic E-state index is -0.473. The van der Waals surface area contributed by atoms with Gasteiger partial charge in [0.25, 0.3) is 0 Å². The fourth-order valence-corrected chi connectivity index (χ4v) is 2.14. The van der Waals surface area contributed by atoms with Crippen molar-refractivity contribution in [2.45, 2.75) is 31.9 Å². The van der Waals surface area contributed by atoms with E-state index in [9.17, 15) is 5.11 Å². The molecule has 0 saturated heterocycles. The number of rotatable bonds is 7. The van der Waals surface area contributed by atoms with Gasteiger partial charge < -0.3 is 15.2 Å². The first kappa shape index (κ1) is 13.7. The highest BCUT2D eigenvalue weighted by atomic mass is 35.5. The summed E-state index contributed by atoms with van der Waals surface area (Å²) in [5.41, 5.74) is 0. The molecular formula is C14H20ClNO2. The van der Waals surface area contributed by atoms with E-state index in [1.165, 1.54) is 12.8 Å². The minimum Gasteiger partial charge on any atom is -0.491 e. The lowest BCUT2D eigenvalue weighted by Crippen LogP contribution is -2.33. The molecule has 3 nitrogen and oxygen atoms in total. The number of aliphatic hydroxyl groups excluding tert-OH is 1. The van der Waals surface area contributed by atoms with Crippen LogP contribution >= 0.6 is 11.6 Å². The largest absolute Gasteiger partial charge is 0.491 e. The predicted octanol–water partition coefficient (Wildman–Crippen LogP) is 2.47. The summed E-state index contributed by atoms with van der Waals surface area (Å²) in [6.07, 6.45) is 1.98. The molecule has 2 rings (SSSR count). The second-order valence-corrected chi connectivity index (χ2v) is 5.27. The highest BCUT2D eigenvalue weighted by Gasteiger charge is 2.34. The maximum absolute atomic E-state index is 9.79. The Balaban J connectivity index is 1.62. The summed E-state index contributed by atoms with van der Waals surface area (Å²) in [6, 6.07) is 7.75. The van der Waals surface area contributed by atoms with Crippen molar-refractivity contribution >= 4 is 11.6 Å². The van der Waals surface area contributed by atoms with E-state index >= 15 is 0 Å².